The Morgan fingerprint density at radius 3 is 2.19 bits per heavy atom. The van der Waals surface area contributed by atoms with Gasteiger partial charge in [-0.15, -0.1) is 0 Å². The molecule has 0 bridgehead atoms. The Balaban J connectivity index is 1.61. The number of H-pyrrole nitrogens is 1. The van der Waals surface area contributed by atoms with E-state index in [2.05, 4.69) is 36.2 Å². The van der Waals surface area contributed by atoms with Gasteiger partial charge in [0.25, 0.3) is 5.56 Å². The Bertz CT molecular complexity index is 1340. The van der Waals surface area contributed by atoms with Crippen molar-refractivity contribution in [2.75, 3.05) is 36.8 Å². The molecule has 0 saturated carbocycles. The van der Waals surface area contributed by atoms with E-state index < -0.39 is 11.2 Å². The smallest absolute Gasteiger partial charge is 0.328 e. The predicted molar refractivity (Wildman–Crippen MR) is 137 cm³/mol. The highest BCUT2D eigenvalue weighted by molar-refractivity contribution is 6.30. The molecule has 0 unspecified atom stereocenters. The Labute approximate surface area is 211 Å². The van der Waals surface area contributed by atoms with E-state index in [9.17, 15) is 19.2 Å². The third kappa shape index (κ3) is 7.94. The largest absolute Gasteiger partial charge is 0.368 e. The number of anilines is 2. The summed E-state index contributed by atoms with van der Waals surface area (Å²) in [6.07, 6.45) is 1.35. The summed E-state index contributed by atoms with van der Waals surface area (Å²) in [7, 11) is 0. The maximum absolute atomic E-state index is 12.2. The van der Waals surface area contributed by atoms with E-state index in [4.69, 9.17) is 11.6 Å². The normalized spacial score (nSPS) is 10.5. The van der Waals surface area contributed by atoms with E-state index in [0.29, 0.717) is 47.7 Å². The molecule has 0 spiro atoms. The summed E-state index contributed by atoms with van der Waals surface area (Å²) in [6.45, 7) is 4.31. The molecule has 0 aliphatic heterocycles. The van der Waals surface area contributed by atoms with Gasteiger partial charge in [0.1, 0.15) is 18.2 Å². The molecular weight excluding hydrogens is 488 g/mol. The zero-order valence-electron chi connectivity index (χ0n) is 19.9. The topological polar surface area (TPSA) is 163 Å². The molecule has 2 amide bonds. The lowest BCUT2D eigenvalue weighted by molar-refractivity contribution is -0.121. The summed E-state index contributed by atoms with van der Waals surface area (Å²) in [4.78, 5) is 57.8. The van der Waals surface area contributed by atoms with Crippen molar-refractivity contribution < 1.29 is 9.59 Å². The standard InChI is InChI=1S/C23H27ClN8O4/c1-14-12-32(23(36)31-22(14)35)13-20(34)28-10-9-27-19-11-18(26-8-7-25-15(2)33)29-21(30-19)16-3-5-17(24)6-4-16/h3-6,11-12H,7-10,13H2,1-2H3,(H,25,33)(H,28,34)(H,31,35,36)(H2,26,27,29,30). The number of aryl methyl sites for hydroxylation is 1. The Kier molecular flexibility index (Phi) is 9.17. The van der Waals surface area contributed by atoms with Crippen LogP contribution in [0.2, 0.25) is 5.02 Å². The van der Waals surface area contributed by atoms with Crippen LogP contribution in [0, 0.1) is 6.92 Å². The number of aromatic amines is 1. The zero-order chi connectivity index (χ0) is 26.1. The van der Waals surface area contributed by atoms with Crippen molar-refractivity contribution in [1.29, 1.82) is 0 Å². The second-order valence-electron chi connectivity index (χ2n) is 7.85. The van der Waals surface area contributed by atoms with Crippen LogP contribution in [0.15, 0.2) is 46.1 Å². The zero-order valence-corrected chi connectivity index (χ0v) is 20.6. The Hall–Kier alpha value is -4.19. The molecule has 0 radical (unpaired) electrons. The number of rotatable bonds is 11. The first-order chi connectivity index (χ1) is 17.2. The lowest BCUT2D eigenvalue weighted by Gasteiger charge is -2.12. The number of halogens is 1. The average molecular weight is 515 g/mol. The van der Waals surface area contributed by atoms with E-state index in [1.54, 1.807) is 25.1 Å². The molecule has 13 heteroatoms. The van der Waals surface area contributed by atoms with Crippen LogP contribution < -0.4 is 32.5 Å². The summed E-state index contributed by atoms with van der Waals surface area (Å²) < 4.78 is 1.14. The first-order valence-electron chi connectivity index (χ1n) is 11.2. The Morgan fingerprint density at radius 1 is 0.972 bits per heavy atom. The van der Waals surface area contributed by atoms with Gasteiger partial charge in [0.15, 0.2) is 5.82 Å². The molecule has 2 heterocycles. The molecular formula is C23H27ClN8O4. The molecule has 5 N–H and O–H groups in total. The van der Waals surface area contributed by atoms with Gasteiger partial charge in [-0.25, -0.2) is 14.8 Å². The van der Waals surface area contributed by atoms with Gasteiger partial charge in [0.2, 0.25) is 11.8 Å². The van der Waals surface area contributed by atoms with Crippen LogP contribution in [0.4, 0.5) is 11.6 Å². The number of aromatic nitrogens is 4. The number of hydrogen-bond acceptors (Lipinski definition) is 8. The quantitative estimate of drug-likeness (QED) is 0.234. The van der Waals surface area contributed by atoms with Crippen molar-refractivity contribution in [1.82, 2.24) is 30.2 Å². The van der Waals surface area contributed by atoms with Gasteiger partial charge in [-0.3, -0.25) is 23.9 Å². The number of amides is 2. The van der Waals surface area contributed by atoms with Gasteiger partial charge in [0, 0.05) is 61.5 Å². The number of nitrogens with one attached hydrogen (secondary N) is 5. The lowest BCUT2D eigenvalue weighted by Crippen LogP contribution is -2.37. The van der Waals surface area contributed by atoms with Gasteiger partial charge in [-0.1, -0.05) is 11.6 Å². The second-order valence-corrected chi connectivity index (χ2v) is 8.29. The maximum Gasteiger partial charge on any atom is 0.328 e. The monoisotopic (exact) mass is 514 g/mol. The highest BCUT2D eigenvalue weighted by atomic mass is 35.5. The molecule has 1 aromatic carbocycles. The number of carbonyl (C=O) groups is 2. The van der Waals surface area contributed by atoms with E-state index in [1.807, 2.05) is 12.1 Å². The van der Waals surface area contributed by atoms with E-state index in [0.717, 1.165) is 10.1 Å². The Morgan fingerprint density at radius 2 is 1.58 bits per heavy atom. The molecule has 0 aliphatic carbocycles. The maximum atomic E-state index is 12.2. The van der Waals surface area contributed by atoms with Crippen molar-refractivity contribution in [2.45, 2.75) is 20.4 Å². The van der Waals surface area contributed by atoms with Crippen LogP contribution in [0.25, 0.3) is 11.4 Å². The molecule has 190 valence electrons. The molecule has 0 aliphatic rings. The van der Waals surface area contributed by atoms with E-state index in [-0.39, 0.29) is 24.9 Å². The fraction of sp³-hybridized carbons (Fsp3) is 0.304. The fourth-order valence-electron chi connectivity index (χ4n) is 3.12. The average Bonchev–Trinajstić information content (AvgIpc) is 2.83. The number of hydrogen-bond donors (Lipinski definition) is 5. The van der Waals surface area contributed by atoms with Crippen molar-refractivity contribution in [2.24, 2.45) is 0 Å². The van der Waals surface area contributed by atoms with Gasteiger partial charge in [-0.2, -0.15) is 0 Å². The van der Waals surface area contributed by atoms with Crippen LogP contribution in [-0.2, 0) is 16.1 Å². The fourth-order valence-corrected chi connectivity index (χ4v) is 3.25. The van der Waals surface area contributed by atoms with Crippen molar-refractivity contribution >= 4 is 35.1 Å². The van der Waals surface area contributed by atoms with Gasteiger partial charge >= 0.3 is 5.69 Å². The molecule has 2 aromatic heterocycles. The predicted octanol–water partition coefficient (Wildman–Crippen LogP) is 0.732. The minimum Gasteiger partial charge on any atom is -0.368 e. The minimum absolute atomic E-state index is 0.119. The lowest BCUT2D eigenvalue weighted by atomic mass is 10.2. The van der Waals surface area contributed by atoms with E-state index in [1.165, 1.54) is 13.1 Å². The van der Waals surface area contributed by atoms with Gasteiger partial charge in [0.05, 0.1) is 0 Å². The summed E-state index contributed by atoms with van der Waals surface area (Å²) in [5, 5.41) is 12.3. The number of nitrogens with zero attached hydrogens (tertiary/aromatic N) is 3. The summed E-state index contributed by atoms with van der Waals surface area (Å²) in [5.74, 6) is 1.05. The van der Waals surface area contributed by atoms with Crippen molar-refractivity contribution in [3.05, 3.63) is 68.0 Å². The van der Waals surface area contributed by atoms with Crippen LogP contribution in [0.3, 0.4) is 0 Å². The van der Waals surface area contributed by atoms with Crippen LogP contribution in [0.5, 0.6) is 0 Å². The first kappa shape index (κ1) is 26.4. The van der Waals surface area contributed by atoms with Crippen LogP contribution in [-0.4, -0.2) is 57.5 Å². The second kappa shape index (κ2) is 12.5. The number of benzene rings is 1. The van der Waals surface area contributed by atoms with Gasteiger partial charge in [-0.05, 0) is 31.2 Å². The summed E-state index contributed by atoms with van der Waals surface area (Å²) in [5.41, 5.74) is -0.0190. The minimum atomic E-state index is -0.645. The summed E-state index contributed by atoms with van der Waals surface area (Å²) in [6, 6.07) is 8.83. The third-order valence-corrected chi connectivity index (χ3v) is 5.14. The summed E-state index contributed by atoms with van der Waals surface area (Å²) >= 11 is 5.99. The SMILES string of the molecule is CC(=O)NCCNc1cc(NCCNC(=O)Cn2cc(C)c(=O)[nH]c2=O)nc(-c2ccc(Cl)cc2)n1. The molecule has 36 heavy (non-hydrogen) atoms. The van der Waals surface area contributed by atoms with Crippen LogP contribution >= 0.6 is 11.6 Å². The highest BCUT2D eigenvalue weighted by Crippen LogP contribution is 2.22. The third-order valence-electron chi connectivity index (χ3n) is 4.89. The van der Waals surface area contributed by atoms with Crippen molar-refractivity contribution in [3.8, 4) is 11.4 Å². The molecule has 0 saturated heterocycles. The first-order valence-corrected chi connectivity index (χ1v) is 11.5. The number of carbonyl (C=O) groups excluding carboxylic acids is 2. The highest BCUT2D eigenvalue weighted by Gasteiger charge is 2.09. The van der Waals surface area contributed by atoms with Crippen LogP contribution in [0.1, 0.15) is 12.5 Å². The van der Waals surface area contributed by atoms with E-state index >= 15 is 0 Å². The molecule has 0 fully saturated rings. The molecule has 3 aromatic rings. The van der Waals surface area contributed by atoms with Gasteiger partial charge < -0.3 is 21.3 Å². The molecule has 12 nitrogen and oxygen atoms in total. The molecule has 3 rings (SSSR count). The van der Waals surface area contributed by atoms with Crippen molar-refractivity contribution in [3.63, 3.8) is 0 Å². The molecule has 0 atom stereocenters.